The molecule has 0 aliphatic rings. The first-order valence-corrected chi connectivity index (χ1v) is 12.7. The van der Waals surface area contributed by atoms with E-state index in [1.165, 1.54) is 23.9 Å². The Kier molecular flexibility index (Phi) is 7.94. The van der Waals surface area contributed by atoms with Crippen molar-refractivity contribution >= 4 is 67.8 Å². The number of hydrogen-bond donors (Lipinski definition) is 1. The fourth-order valence-corrected chi connectivity index (χ4v) is 4.57. The molecule has 0 saturated heterocycles. The topological polar surface area (TPSA) is 99.2 Å². The summed E-state index contributed by atoms with van der Waals surface area (Å²) in [5.41, 5.74) is 1.35. The largest absolute Gasteiger partial charge is 0.462 e. The van der Waals surface area contributed by atoms with Gasteiger partial charge in [0.05, 0.1) is 28.6 Å². The van der Waals surface area contributed by atoms with Crippen LogP contribution in [0.4, 0.5) is 5.69 Å². The van der Waals surface area contributed by atoms with Gasteiger partial charge in [-0.3, -0.25) is 9.36 Å². The molecule has 0 bridgehead atoms. The van der Waals surface area contributed by atoms with Crippen LogP contribution in [0.25, 0.3) is 22.6 Å². The Labute approximate surface area is 218 Å². The lowest BCUT2D eigenvalue weighted by molar-refractivity contribution is -0.113. The molecule has 1 N–H and O–H groups in total. The highest BCUT2D eigenvalue weighted by Gasteiger charge is 2.19. The average molecular weight is 576 g/mol. The summed E-state index contributed by atoms with van der Waals surface area (Å²) >= 11 is 10.9. The summed E-state index contributed by atoms with van der Waals surface area (Å²) in [4.78, 5) is 24.6. The molecular formula is C24H20BrClN4O4S. The van der Waals surface area contributed by atoms with Gasteiger partial charge < -0.3 is 14.5 Å². The van der Waals surface area contributed by atoms with E-state index in [1.807, 2.05) is 28.8 Å². The highest BCUT2D eigenvalue weighted by Crippen LogP contribution is 2.31. The zero-order chi connectivity index (χ0) is 24.9. The molecule has 0 radical (unpaired) electrons. The van der Waals surface area contributed by atoms with E-state index in [9.17, 15) is 9.59 Å². The number of furan rings is 1. The number of thioether (sulfide) groups is 1. The van der Waals surface area contributed by atoms with Crippen LogP contribution in [0.5, 0.6) is 0 Å². The first-order chi connectivity index (χ1) is 16.9. The minimum atomic E-state index is -0.489. The summed E-state index contributed by atoms with van der Waals surface area (Å²) in [6, 6.07) is 12.2. The van der Waals surface area contributed by atoms with Gasteiger partial charge >= 0.3 is 5.97 Å². The molecule has 2 heterocycles. The lowest BCUT2D eigenvalue weighted by Crippen LogP contribution is -2.16. The third-order valence-corrected chi connectivity index (χ3v) is 6.60. The number of carbonyl (C=O) groups excluding carboxylic acids is 2. The number of esters is 1. The van der Waals surface area contributed by atoms with Crippen LogP contribution in [-0.2, 0) is 16.1 Å². The number of nitrogens with one attached hydrogen (secondary N) is 1. The maximum absolute atomic E-state index is 12.6. The second-order valence-corrected chi connectivity index (χ2v) is 9.52. The van der Waals surface area contributed by atoms with Gasteiger partial charge in [-0.25, -0.2) is 4.79 Å². The van der Waals surface area contributed by atoms with E-state index in [0.29, 0.717) is 39.6 Å². The van der Waals surface area contributed by atoms with Crippen LogP contribution in [0.3, 0.4) is 0 Å². The van der Waals surface area contributed by atoms with Crippen molar-refractivity contribution in [2.24, 2.45) is 0 Å². The normalized spacial score (nSPS) is 10.9. The summed E-state index contributed by atoms with van der Waals surface area (Å²) < 4.78 is 13.7. The van der Waals surface area contributed by atoms with Gasteiger partial charge in [0.25, 0.3) is 0 Å². The number of halogens is 2. The van der Waals surface area contributed by atoms with Gasteiger partial charge in [0.15, 0.2) is 10.9 Å². The summed E-state index contributed by atoms with van der Waals surface area (Å²) in [6.07, 6.45) is 1.72. The van der Waals surface area contributed by atoms with Gasteiger partial charge in [0.1, 0.15) is 5.58 Å². The maximum Gasteiger partial charge on any atom is 0.338 e. The highest BCUT2D eigenvalue weighted by molar-refractivity contribution is 9.10. The Hall–Kier alpha value is -3.08. The van der Waals surface area contributed by atoms with E-state index >= 15 is 0 Å². The Bertz CT molecular complexity index is 1420. The molecule has 0 aliphatic heterocycles. The van der Waals surface area contributed by atoms with Crippen molar-refractivity contribution in [2.45, 2.75) is 18.6 Å². The Balaban J connectivity index is 1.49. The summed E-state index contributed by atoms with van der Waals surface area (Å²) in [5.74, 6) is 0.331. The van der Waals surface area contributed by atoms with Gasteiger partial charge in [-0.05, 0) is 49.4 Å². The summed E-state index contributed by atoms with van der Waals surface area (Å²) in [5, 5.41) is 13.0. The number of benzene rings is 2. The van der Waals surface area contributed by atoms with E-state index in [1.54, 1.807) is 19.1 Å². The van der Waals surface area contributed by atoms with Crippen molar-refractivity contribution < 1.29 is 18.7 Å². The molecule has 4 aromatic rings. The zero-order valence-corrected chi connectivity index (χ0v) is 21.7. The molecule has 4 rings (SSSR count). The second kappa shape index (κ2) is 11.1. The third-order valence-electron chi connectivity index (χ3n) is 4.81. The fourth-order valence-electron chi connectivity index (χ4n) is 3.27. The van der Waals surface area contributed by atoms with Crippen LogP contribution in [-0.4, -0.2) is 39.0 Å². The minimum Gasteiger partial charge on any atom is -0.462 e. The van der Waals surface area contributed by atoms with E-state index in [0.717, 1.165) is 15.4 Å². The van der Waals surface area contributed by atoms with Crippen LogP contribution < -0.4 is 5.32 Å². The summed E-state index contributed by atoms with van der Waals surface area (Å²) in [7, 11) is 0. The van der Waals surface area contributed by atoms with Crippen LogP contribution in [0, 0.1) is 0 Å². The number of anilines is 1. The SMILES string of the molecule is C=CCn1c(SCC(=O)Nc2cc(C(=O)OCC)ccc2Cl)nnc1-c1cc2cc(Br)ccc2o1. The molecule has 0 aliphatic carbocycles. The number of aromatic nitrogens is 3. The molecule has 180 valence electrons. The van der Waals surface area contributed by atoms with Crippen LogP contribution >= 0.6 is 39.3 Å². The zero-order valence-electron chi connectivity index (χ0n) is 18.6. The molecule has 0 atom stereocenters. The molecule has 11 heteroatoms. The third kappa shape index (κ3) is 5.77. The predicted molar refractivity (Wildman–Crippen MR) is 140 cm³/mol. The minimum absolute atomic E-state index is 0.0440. The van der Waals surface area contributed by atoms with Gasteiger partial charge in [-0.1, -0.05) is 45.4 Å². The van der Waals surface area contributed by atoms with E-state index in [4.69, 9.17) is 20.8 Å². The highest BCUT2D eigenvalue weighted by atomic mass is 79.9. The number of allylic oxidation sites excluding steroid dienone is 1. The fraction of sp³-hybridized carbons (Fsp3) is 0.167. The monoisotopic (exact) mass is 574 g/mol. The Morgan fingerprint density at radius 2 is 2.09 bits per heavy atom. The standard InChI is InChI=1S/C24H20BrClN4O4S/c1-3-9-30-22(20-12-15-10-16(25)6-8-19(15)34-20)28-29-24(30)35-13-21(31)27-18-11-14(5-7-17(18)26)23(32)33-4-2/h3,5-8,10-12H,1,4,9,13H2,2H3,(H,27,31). The van der Waals surface area contributed by atoms with E-state index in [2.05, 4.69) is 38.0 Å². The predicted octanol–water partition coefficient (Wildman–Crippen LogP) is 6.20. The Morgan fingerprint density at radius 1 is 1.26 bits per heavy atom. The first kappa shape index (κ1) is 25.0. The number of ether oxygens (including phenoxy) is 1. The van der Waals surface area contributed by atoms with Crippen molar-refractivity contribution in [1.82, 2.24) is 14.8 Å². The molecule has 0 saturated carbocycles. The number of fused-ring (bicyclic) bond motifs is 1. The Morgan fingerprint density at radius 3 is 2.86 bits per heavy atom. The second-order valence-electron chi connectivity index (χ2n) is 7.25. The van der Waals surface area contributed by atoms with Gasteiger partial charge in [0.2, 0.25) is 11.7 Å². The number of nitrogens with zero attached hydrogens (tertiary/aromatic N) is 3. The number of hydrogen-bond acceptors (Lipinski definition) is 7. The van der Waals surface area contributed by atoms with Crippen molar-refractivity contribution in [3.05, 3.63) is 70.2 Å². The molecular weight excluding hydrogens is 556 g/mol. The maximum atomic E-state index is 12.6. The number of carbonyl (C=O) groups is 2. The van der Waals surface area contributed by atoms with Crippen LogP contribution in [0.2, 0.25) is 5.02 Å². The van der Waals surface area contributed by atoms with E-state index in [-0.39, 0.29) is 18.3 Å². The summed E-state index contributed by atoms with van der Waals surface area (Å²) in [6.45, 7) is 6.21. The molecule has 0 spiro atoms. The molecule has 1 amide bonds. The van der Waals surface area contributed by atoms with Gasteiger partial charge in [0, 0.05) is 16.4 Å². The first-order valence-electron chi connectivity index (χ1n) is 10.5. The quantitative estimate of drug-likeness (QED) is 0.144. The van der Waals surface area contributed by atoms with Crippen molar-refractivity contribution in [1.29, 1.82) is 0 Å². The number of rotatable bonds is 9. The van der Waals surface area contributed by atoms with Crippen molar-refractivity contribution in [3.8, 4) is 11.6 Å². The lowest BCUT2D eigenvalue weighted by atomic mass is 10.2. The van der Waals surface area contributed by atoms with Gasteiger partial charge in [-0.15, -0.1) is 16.8 Å². The smallest absolute Gasteiger partial charge is 0.338 e. The van der Waals surface area contributed by atoms with Crippen LogP contribution in [0.1, 0.15) is 17.3 Å². The molecule has 0 fully saturated rings. The molecule has 2 aromatic carbocycles. The van der Waals surface area contributed by atoms with Crippen LogP contribution in [0.15, 0.2) is 69.2 Å². The van der Waals surface area contributed by atoms with E-state index < -0.39 is 5.97 Å². The van der Waals surface area contributed by atoms with Crippen molar-refractivity contribution in [3.63, 3.8) is 0 Å². The molecule has 0 unspecified atom stereocenters. The lowest BCUT2D eigenvalue weighted by Gasteiger charge is -2.10. The van der Waals surface area contributed by atoms with Crippen molar-refractivity contribution in [2.75, 3.05) is 17.7 Å². The molecule has 35 heavy (non-hydrogen) atoms. The van der Waals surface area contributed by atoms with Gasteiger partial charge in [-0.2, -0.15) is 0 Å². The average Bonchev–Trinajstić information content (AvgIpc) is 3.43. The molecule has 8 nitrogen and oxygen atoms in total. The number of amides is 1. The molecule has 2 aromatic heterocycles.